The summed E-state index contributed by atoms with van der Waals surface area (Å²) >= 11 is 0. The highest BCUT2D eigenvalue weighted by atomic mass is 19.1. The maximum Gasteiger partial charge on any atom is 0.123 e. The van der Waals surface area contributed by atoms with Crippen molar-refractivity contribution in [3.05, 3.63) is 29.6 Å². The Kier molecular flexibility index (Phi) is 5.11. The normalized spacial score (nSPS) is 11.1. The SMILES string of the molecule is CNCc1cc(F)ccc1OCCC(C)(C)C#N. The molecule has 4 heteroatoms. The fraction of sp³-hybridized carbons (Fsp3) is 0.500. The Balaban J connectivity index is 2.65. The van der Waals surface area contributed by atoms with Crippen molar-refractivity contribution in [1.82, 2.24) is 5.32 Å². The smallest absolute Gasteiger partial charge is 0.123 e. The highest BCUT2D eigenvalue weighted by Crippen LogP contribution is 2.23. The number of hydrogen-bond donors (Lipinski definition) is 1. The average Bonchev–Trinajstić information content (AvgIpc) is 2.32. The molecule has 1 aromatic rings. The standard InChI is InChI=1S/C14H19FN2O/c1-14(2,10-16)6-7-18-13-5-4-12(15)8-11(13)9-17-3/h4-5,8,17H,6-7,9H2,1-3H3. The van der Waals surface area contributed by atoms with E-state index in [1.807, 2.05) is 13.8 Å². The molecule has 0 fully saturated rings. The van der Waals surface area contributed by atoms with Gasteiger partial charge in [-0.05, 0) is 45.5 Å². The summed E-state index contributed by atoms with van der Waals surface area (Å²) in [5, 5.41) is 11.9. The maximum atomic E-state index is 13.1. The van der Waals surface area contributed by atoms with Crippen LogP contribution in [0.3, 0.4) is 0 Å². The fourth-order valence-corrected chi connectivity index (χ4v) is 1.49. The van der Waals surface area contributed by atoms with Gasteiger partial charge in [-0.25, -0.2) is 4.39 Å². The van der Waals surface area contributed by atoms with Crippen LogP contribution in [0, 0.1) is 22.6 Å². The molecule has 0 amide bonds. The Morgan fingerprint density at radius 3 is 2.78 bits per heavy atom. The van der Waals surface area contributed by atoms with Gasteiger partial charge in [0, 0.05) is 12.1 Å². The van der Waals surface area contributed by atoms with Crippen LogP contribution in [0.15, 0.2) is 18.2 Å². The predicted octanol–water partition coefficient (Wildman–Crippen LogP) is 2.86. The fourth-order valence-electron chi connectivity index (χ4n) is 1.49. The molecule has 0 aromatic heterocycles. The van der Waals surface area contributed by atoms with Gasteiger partial charge in [-0.2, -0.15) is 5.26 Å². The molecule has 0 radical (unpaired) electrons. The monoisotopic (exact) mass is 250 g/mol. The molecule has 0 bridgehead atoms. The summed E-state index contributed by atoms with van der Waals surface area (Å²) in [4.78, 5) is 0. The lowest BCUT2D eigenvalue weighted by molar-refractivity contribution is 0.261. The van der Waals surface area contributed by atoms with E-state index >= 15 is 0 Å². The summed E-state index contributed by atoms with van der Waals surface area (Å²) < 4.78 is 18.7. The Morgan fingerprint density at radius 1 is 1.44 bits per heavy atom. The van der Waals surface area contributed by atoms with E-state index < -0.39 is 5.41 Å². The van der Waals surface area contributed by atoms with E-state index in [2.05, 4.69) is 11.4 Å². The molecule has 0 saturated heterocycles. The van der Waals surface area contributed by atoms with Crippen molar-refractivity contribution in [3.63, 3.8) is 0 Å². The van der Waals surface area contributed by atoms with Crippen LogP contribution in [-0.2, 0) is 6.54 Å². The van der Waals surface area contributed by atoms with Crippen molar-refractivity contribution in [2.24, 2.45) is 5.41 Å². The number of benzene rings is 1. The second-order valence-electron chi connectivity index (χ2n) is 4.88. The van der Waals surface area contributed by atoms with Gasteiger partial charge in [-0.1, -0.05) is 0 Å². The molecule has 0 aliphatic heterocycles. The summed E-state index contributed by atoms with van der Waals surface area (Å²) in [5.41, 5.74) is 0.385. The van der Waals surface area contributed by atoms with Gasteiger partial charge in [0.15, 0.2) is 0 Å². The zero-order valence-corrected chi connectivity index (χ0v) is 11.1. The third kappa shape index (κ3) is 4.34. The van der Waals surface area contributed by atoms with Crippen LogP contribution in [0.4, 0.5) is 4.39 Å². The lowest BCUT2D eigenvalue weighted by atomic mass is 9.92. The van der Waals surface area contributed by atoms with Crippen LogP contribution in [0.1, 0.15) is 25.8 Å². The lowest BCUT2D eigenvalue weighted by Gasteiger charge is -2.16. The van der Waals surface area contributed by atoms with Crippen LogP contribution in [0.5, 0.6) is 5.75 Å². The summed E-state index contributed by atoms with van der Waals surface area (Å²) in [6.07, 6.45) is 0.639. The molecule has 3 nitrogen and oxygen atoms in total. The Bertz CT molecular complexity index is 438. The van der Waals surface area contributed by atoms with Crippen LogP contribution in [-0.4, -0.2) is 13.7 Å². The van der Waals surface area contributed by atoms with E-state index in [1.54, 1.807) is 13.1 Å². The van der Waals surface area contributed by atoms with Crippen molar-refractivity contribution in [3.8, 4) is 11.8 Å². The van der Waals surface area contributed by atoms with Gasteiger partial charge in [0.1, 0.15) is 11.6 Å². The van der Waals surface area contributed by atoms with E-state index in [1.165, 1.54) is 12.1 Å². The van der Waals surface area contributed by atoms with E-state index in [-0.39, 0.29) is 5.82 Å². The van der Waals surface area contributed by atoms with Crippen molar-refractivity contribution >= 4 is 0 Å². The number of rotatable bonds is 6. The number of hydrogen-bond acceptors (Lipinski definition) is 3. The first-order valence-electron chi connectivity index (χ1n) is 5.95. The van der Waals surface area contributed by atoms with Crippen molar-refractivity contribution in [2.45, 2.75) is 26.8 Å². The minimum atomic E-state index is -0.400. The highest BCUT2D eigenvalue weighted by molar-refractivity contribution is 5.33. The molecule has 0 unspecified atom stereocenters. The van der Waals surface area contributed by atoms with Crippen molar-refractivity contribution < 1.29 is 9.13 Å². The lowest BCUT2D eigenvalue weighted by Crippen LogP contribution is -2.14. The summed E-state index contributed by atoms with van der Waals surface area (Å²) in [6, 6.07) is 6.69. The molecule has 0 saturated carbocycles. The molecule has 1 rings (SSSR count). The number of halogens is 1. The number of ether oxygens (including phenoxy) is 1. The molecular weight excluding hydrogens is 231 g/mol. The predicted molar refractivity (Wildman–Crippen MR) is 68.7 cm³/mol. The molecule has 18 heavy (non-hydrogen) atoms. The van der Waals surface area contributed by atoms with Crippen molar-refractivity contribution in [1.29, 1.82) is 5.26 Å². The molecular formula is C14H19FN2O. The van der Waals surface area contributed by atoms with Gasteiger partial charge in [-0.3, -0.25) is 0 Å². The zero-order valence-electron chi connectivity index (χ0n) is 11.1. The van der Waals surface area contributed by atoms with Gasteiger partial charge >= 0.3 is 0 Å². The van der Waals surface area contributed by atoms with Gasteiger partial charge < -0.3 is 10.1 Å². The Labute approximate surface area is 108 Å². The Hall–Kier alpha value is -1.60. The topological polar surface area (TPSA) is 45.0 Å². The molecule has 0 spiro atoms. The van der Waals surface area contributed by atoms with E-state index in [9.17, 15) is 4.39 Å². The van der Waals surface area contributed by atoms with E-state index in [4.69, 9.17) is 10.00 Å². The van der Waals surface area contributed by atoms with Gasteiger partial charge in [0.2, 0.25) is 0 Å². The number of nitrogens with one attached hydrogen (secondary N) is 1. The first-order valence-corrected chi connectivity index (χ1v) is 5.95. The van der Waals surface area contributed by atoms with Gasteiger partial charge in [-0.15, -0.1) is 0 Å². The second-order valence-corrected chi connectivity index (χ2v) is 4.88. The van der Waals surface area contributed by atoms with Crippen LogP contribution in [0.25, 0.3) is 0 Å². The zero-order chi connectivity index (χ0) is 13.6. The van der Waals surface area contributed by atoms with E-state index in [0.717, 1.165) is 5.56 Å². The average molecular weight is 250 g/mol. The number of nitrogens with zero attached hydrogens (tertiary/aromatic N) is 1. The highest BCUT2D eigenvalue weighted by Gasteiger charge is 2.16. The molecule has 1 N–H and O–H groups in total. The van der Waals surface area contributed by atoms with Gasteiger partial charge in [0.25, 0.3) is 0 Å². The second kappa shape index (κ2) is 6.36. The minimum absolute atomic E-state index is 0.273. The molecule has 0 atom stereocenters. The summed E-state index contributed by atoms with van der Waals surface area (Å²) in [6.45, 7) is 4.74. The molecule has 1 aromatic carbocycles. The summed E-state index contributed by atoms with van der Waals surface area (Å²) in [7, 11) is 1.80. The van der Waals surface area contributed by atoms with Crippen LogP contribution < -0.4 is 10.1 Å². The molecule has 0 aliphatic rings. The summed E-state index contributed by atoms with van der Waals surface area (Å²) in [5.74, 6) is 0.393. The van der Waals surface area contributed by atoms with Crippen molar-refractivity contribution in [2.75, 3.05) is 13.7 Å². The largest absolute Gasteiger partial charge is 0.493 e. The van der Waals surface area contributed by atoms with Crippen LogP contribution >= 0.6 is 0 Å². The Morgan fingerprint density at radius 2 is 2.17 bits per heavy atom. The molecule has 0 heterocycles. The number of nitriles is 1. The quantitative estimate of drug-likeness (QED) is 0.844. The first-order chi connectivity index (χ1) is 8.48. The molecule has 0 aliphatic carbocycles. The van der Waals surface area contributed by atoms with Crippen LogP contribution in [0.2, 0.25) is 0 Å². The maximum absolute atomic E-state index is 13.1. The first kappa shape index (κ1) is 14.5. The molecule has 98 valence electrons. The minimum Gasteiger partial charge on any atom is -0.493 e. The van der Waals surface area contributed by atoms with Gasteiger partial charge in [0.05, 0.1) is 18.1 Å². The third-order valence-corrected chi connectivity index (χ3v) is 2.68. The third-order valence-electron chi connectivity index (χ3n) is 2.68. The van der Waals surface area contributed by atoms with E-state index in [0.29, 0.717) is 25.3 Å².